The van der Waals surface area contributed by atoms with Crippen LogP contribution in [0.15, 0.2) is 12.1 Å². The van der Waals surface area contributed by atoms with Gasteiger partial charge in [0, 0.05) is 19.5 Å². The van der Waals surface area contributed by atoms with Crippen molar-refractivity contribution in [3.05, 3.63) is 28.8 Å². The Morgan fingerprint density at radius 1 is 1.16 bits per heavy atom. The number of aryl methyl sites for hydroxylation is 3. The Balaban J connectivity index is 1.93. The van der Waals surface area contributed by atoms with Crippen LogP contribution in [0.1, 0.15) is 42.4 Å². The second-order valence-electron chi connectivity index (χ2n) is 5.52. The van der Waals surface area contributed by atoms with E-state index in [1.54, 1.807) is 0 Å². The molecule has 2 rings (SSSR count). The number of aromatic hydroxyl groups is 1. The molecule has 0 unspecified atom stereocenters. The van der Waals surface area contributed by atoms with Crippen LogP contribution in [0.4, 0.5) is 0 Å². The van der Waals surface area contributed by atoms with Gasteiger partial charge >= 0.3 is 0 Å². The molecule has 1 amide bonds. The van der Waals surface area contributed by atoms with Crippen LogP contribution < -0.4 is 0 Å². The quantitative estimate of drug-likeness (QED) is 0.908. The van der Waals surface area contributed by atoms with Gasteiger partial charge in [0.05, 0.1) is 0 Å². The summed E-state index contributed by atoms with van der Waals surface area (Å²) in [5.41, 5.74) is 2.92. The number of benzene rings is 1. The summed E-state index contributed by atoms with van der Waals surface area (Å²) < 4.78 is 0. The van der Waals surface area contributed by atoms with Gasteiger partial charge in [-0.05, 0) is 56.2 Å². The molecular weight excluding hydrogens is 238 g/mol. The van der Waals surface area contributed by atoms with Crippen molar-refractivity contribution >= 4 is 5.91 Å². The molecule has 0 bridgehead atoms. The van der Waals surface area contributed by atoms with Gasteiger partial charge in [-0.25, -0.2) is 0 Å². The van der Waals surface area contributed by atoms with Gasteiger partial charge in [-0.3, -0.25) is 4.79 Å². The van der Waals surface area contributed by atoms with Gasteiger partial charge in [0.25, 0.3) is 0 Å². The fraction of sp³-hybridized carbons (Fsp3) is 0.562. The molecule has 1 fully saturated rings. The Morgan fingerprint density at radius 2 is 1.74 bits per heavy atom. The maximum atomic E-state index is 12.1. The van der Waals surface area contributed by atoms with E-state index in [1.165, 1.54) is 6.42 Å². The molecule has 0 atom stereocenters. The molecule has 19 heavy (non-hydrogen) atoms. The predicted molar refractivity (Wildman–Crippen MR) is 76.3 cm³/mol. The number of carbonyl (C=O) groups is 1. The number of hydrogen-bond donors (Lipinski definition) is 1. The van der Waals surface area contributed by atoms with Gasteiger partial charge in [-0.15, -0.1) is 0 Å². The second kappa shape index (κ2) is 6.09. The summed E-state index contributed by atoms with van der Waals surface area (Å²) in [4.78, 5) is 14.1. The van der Waals surface area contributed by atoms with E-state index < -0.39 is 0 Å². The minimum Gasteiger partial charge on any atom is -0.507 e. The summed E-state index contributed by atoms with van der Waals surface area (Å²) in [5, 5.41) is 9.74. The van der Waals surface area contributed by atoms with Crippen LogP contribution in [-0.2, 0) is 11.2 Å². The van der Waals surface area contributed by atoms with E-state index in [9.17, 15) is 9.90 Å². The first-order chi connectivity index (χ1) is 9.08. The zero-order valence-corrected chi connectivity index (χ0v) is 11.9. The summed E-state index contributed by atoms with van der Waals surface area (Å²) in [7, 11) is 0. The third-order valence-corrected chi connectivity index (χ3v) is 3.89. The lowest BCUT2D eigenvalue weighted by Gasteiger charge is -2.26. The lowest BCUT2D eigenvalue weighted by molar-refractivity contribution is -0.132. The maximum Gasteiger partial charge on any atom is 0.222 e. The normalized spacial score (nSPS) is 15.6. The molecule has 0 saturated carbocycles. The minimum atomic E-state index is 0.267. The highest BCUT2D eigenvalue weighted by molar-refractivity contribution is 5.76. The summed E-state index contributed by atoms with van der Waals surface area (Å²) in [6, 6.07) is 3.96. The molecular formula is C16H23NO2. The molecule has 104 valence electrons. The number of phenolic OH excluding ortho intramolecular Hbond substituents is 1. The molecule has 1 saturated heterocycles. The average molecular weight is 261 g/mol. The summed E-state index contributed by atoms with van der Waals surface area (Å²) in [6.07, 6.45) is 4.87. The predicted octanol–water partition coefficient (Wildman–Crippen LogP) is 2.95. The van der Waals surface area contributed by atoms with E-state index in [-0.39, 0.29) is 5.91 Å². The Hall–Kier alpha value is -1.51. The number of rotatable bonds is 3. The Labute approximate surface area is 115 Å². The lowest BCUT2D eigenvalue weighted by Crippen LogP contribution is -2.35. The van der Waals surface area contributed by atoms with E-state index in [2.05, 4.69) is 0 Å². The van der Waals surface area contributed by atoms with Crippen molar-refractivity contribution in [2.75, 3.05) is 13.1 Å². The van der Waals surface area contributed by atoms with Gasteiger partial charge in [0.2, 0.25) is 5.91 Å². The zero-order chi connectivity index (χ0) is 13.8. The Morgan fingerprint density at radius 3 is 2.32 bits per heavy atom. The molecule has 1 aromatic rings. The molecule has 1 aliphatic heterocycles. The van der Waals surface area contributed by atoms with Gasteiger partial charge in [-0.1, -0.05) is 12.1 Å². The molecule has 0 aliphatic carbocycles. The van der Waals surface area contributed by atoms with Crippen molar-refractivity contribution in [3.8, 4) is 5.75 Å². The van der Waals surface area contributed by atoms with Crippen molar-refractivity contribution in [3.63, 3.8) is 0 Å². The first kappa shape index (κ1) is 13.9. The van der Waals surface area contributed by atoms with E-state index >= 15 is 0 Å². The van der Waals surface area contributed by atoms with Crippen LogP contribution in [0.5, 0.6) is 5.75 Å². The van der Waals surface area contributed by atoms with Crippen molar-refractivity contribution in [2.45, 2.75) is 46.0 Å². The summed E-state index contributed by atoms with van der Waals surface area (Å²) >= 11 is 0. The molecule has 1 aliphatic rings. The number of piperidine rings is 1. The van der Waals surface area contributed by atoms with E-state index in [0.29, 0.717) is 12.2 Å². The van der Waals surface area contributed by atoms with Crippen LogP contribution in [0.25, 0.3) is 0 Å². The van der Waals surface area contributed by atoms with Crippen molar-refractivity contribution in [2.24, 2.45) is 0 Å². The molecule has 0 radical (unpaired) electrons. The second-order valence-corrected chi connectivity index (χ2v) is 5.52. The van der Waals surface area contributed by atoms with Crippen LogP contribution in [0.2, 0.25) is 0 Å². The Kier molecular flexibility index (Phi) is 4.46. The van der Waals surface area contributed by atoms with Gasteiger partial charge in [0.1, 0.15) is 5.75 Å². The van der Waals surface area contributed by atoms with Crippen LogP contribution in [-0.4, -0.2) is 29.0 Å². The third-order valence-electron chi connectivity index (χ3n) is 3.89. The smallest absolute Gasteiger partial charge is 0.222 e. The highest BCUT2D eigenvalue weighted by atomic mass is 16.3. The van der Waals surface area contributed by atoms with Gasteiger partial charge in [-0.2, -0.15) is 0 Å². The molecule has 1 heterocycles. The van der Waals surface area contributed by atoms with E-state index in [1.807, 2.05) is 30.9 Å². The summed E-state index contributed by atoms with van der Waals surface area (Å²) in [6.45, 7) is 5.65. The van der Waals surface area contributed by atoms with E-state index in [4.69, 9.17) is 0 Å². The monoisotopic (exact) mass is 261 g/mol. The fourth-order valence-corrected chi connectivity index (χ4v) is 2.74. The largest absolute Gasteiger partial charge is 0.507 e. The van der Waals surface area contributed by atoms with Crippen LogP contribution in [0, 0.1) is 13.8 Å². The number of likely N-dealkylation sites (tertiary alicyclic amines) is 1. The van der Waals surface area contributed by atoms with Crippen LogP contribution in [0.3, 0.4) is 0 Å². The van der Waals surface area contributed by atoms with Crippen molar-refractivity contribution in [1.82, 2.24) is 4.90 Å². The first-order valence-corrected chi connectivity index (χ1v) is 7.15. The van der Waals surface area contributed by atoms with Crippen molar-refractivity contribution < 1.29 is 9.90 Å². The Bertz CT molecular complexity index is 439. The number of hydrogen-bond acceptors (Lipinski definition) is 2. The number of nitrogens with zero attached hydrogens (tertiary/aromatic N) is 1. The van der Waals surface area contributed by atoms with Crippen molar-refractivity contribution in [1.29, 1.82) is 0 Å². The fourth-order valence-electron chi connectivity index (χ4n) is 2.74. The van der Waals surface area contributed by atoms with Gasteiger partial charge in [0.15, 0.2) is 0 Å². The highest BCUT2D eigenvalue weighted by Crippen LogP contribution is 2.23. The maximum absolute atomic E-state index is 12.1. The van der Waals surface area contributed by atoms with Gasteiger partial charge < -0.3 is 10.0 Å². The molecule has 3 heteroatoms. The number of carbonyl (C=O) groups excluding carboxylic acids is 1. The number of amides is 1. The van der Waals surface area contributed by atoms with Crippen LogP contribution >= 0.6 is 0 Å². The molecule has 0 spiro atoms. The third kappa shape index (κ3) is 3.49. The molecule has 0 aromatic heterocycles. The summed E-state index contributed by atoms with van der Waals surface area (Å²) in [5.74, 6) is 0.634. The SMILES string of the molecule is Cc1cc(CCC(=O)N2CCCCC2)cc(C)c1O. The standard InChI is InChI=1S/C16H23NO2/c1-12-10-14(11-13(2)16(12)19)6-7-15(18)17-8-4-3-5-9-17/h10-11,19H,3-9H2,1-2H3. The zero-order valence-electron chi connectivity index (χ0n) is 11.9. The van der Waals surface area contributed by atoms with E-state index in [0.717, 1.165) is 49.0 Å². The lowest BCUT2D eigenvalue weighted by atomic mass is 10.0. The molecule has 3 nitrogen and oxygen atoms in total. The topological polar surface area (TPSA) is 40.5 Å². The minimum absolute atomic E-state index is 0.267. The molecule has 1 aromatic carbocycles. The average Bonchev–Trinajstić information content (AvgIpc) is 2.43. The highest BCUT2D eigenvalue weighted by Gasteiger charge is 2.16. The number of phenols is 1. The first-order valence-electron chi connectivity index (χ1n) is 7.15. The molecule has 1 N–H and O–H groups in total.